The van der Waals surface area contributed by atoms with Gasteiger partial charge < -0.3 is 15.5 Å². The van der Waals surface area contributed by atoms with Crippen molar-refractivity contribution < 1.29 is 18.8 Å². The van der Waals surface area contributed by atoms with Crippen LogP contribution in [0.3, 0.4) is 0 Å². The van der Waals surface area contributed by atoms with Gasteiger partial charge in [-0.2, -0.15) is 0 Å². The van der Waals surface area contributed by atoms with Crippen LogP contribution in [-0.2, 0) is 4.79 Å². The molecule has 0 aromatic heterocycles. The van der Waals surface area contributed by atoms with E-state index in [4.69, 9.17) is 0 Å². The van der Waals surface area contributed by atoms with Crippen molar-refractivity contribution in [1.82, 2.24) is 10.2 Å². The van der Waals surface area contributed by atoms with Gasteiger partial charge in [0, 0.05) is 35.8 Å². The van der Waals surface area contributed by atoms with Gasteiger partial charge in [-0.3, -0.25) is 14.4 Å². The van der Waals surface area contributed by atoms with Crippen molar-refractivity contribution in [2.75, 3.05) is 18.4 Å². The molecule has 3 aromatic carbocycles. The number of hydrogen-bond donors (Lipinski definition) is 2. The number of carbonyl (C=O) groups is 3. The molecule has 35 heavy (non-hydrogen) atoms. The Hall–Kier alpha value is -4.00. The lowest BCUT2D eigenvalue weighted by Gasteiger charge is -2.32. The maximum atomic E-state index is 13.1. The van der Waals surface area contributed by atoms with Gasteiger partial charge in [0.15, 0.2) is 0 Å². The molecule has 1 heterocycles. The Labute approximate surface area is 204 Å². The lowest BCUT2D eigenvalue weighted by molar-refractivity contribution is -0.127. The third-order valence-electron chi connectivity index (χ3n) is 6.28. The molecular formula is C28H28FN3O3. The fourth-order valence-electron chi connectivity index (χ4n) is 4.21. The fourth-order valence-corrected chi connectivity index (χ4v) is 4.21. The fraction of sp³-hybridized carbons (Fsp3) is 0.250. The van der Waals surface area contributed by atoms with Crippen molar-refractivity contribution in [2.24, 2.45) is 5.92 Å². The van der Waals surface area contributed by atoms with Gasteiger partial charge in [-0.05, 0) is 73.9 Å². The van der Waals surface area contributed by atoms with E-state index in [-0.39, 0.29) is 35.5 Å². The number of amides is 3. The monoisotopic (exact) mass is 473 g/mol. The van der Waals surface area contributed by atoms with Crippen LogP contribution in [0.1, 0.15) is 52.1 Å². The van der Waals surface area contributed by atoms with Crippen molar-refractivity contribution in [3.8, 4) is 0 Å². The molecule has 0 radical (unpaired) electrons. The van der Waals surface area contributed by atoms with Crippen molar-refractivity contribution in [3.63, 3.8) is 0 Å². The van der Waals surface area contributed by atoms with E-state index in [0.29, 0.717) is 42.7 Å². The molecule has 0 bridgehead atoms. The number of rotatable bonds is 6. The zero-order chi connectivity index (χ0) is 24.8. The first-order valence-electron chi connectivity index (χ1n) is 11.7. The van der Waals surface area contributed by atoms with E-state index in [1.807, 2.05) is 49.4 Å². The number of halogens is 1. The van der Waals surface area contributed by atoms with E-state index in [1.54, 1.807) is 17.0 Å². The zero-order valence-electron chi connectivity index (χ0n) is 19.5. The number of piperidine rings is 1. The molecule has 0 spiro atoms. The molecule has 1 atom stereocenters. The number of anilines is 1. The van der Waals surface area contributed by atoms with E-state index in [0.717, 1.165) is 5.56 Å². The van der Waals surface area contributed by atoms with Gasteiger partial charge >= 0.3 is 0 Å². The predicted molar refractivity (Wildman–Crippen MR) is 132 cm³/mol. The van der Waals surface area contributed by atoms with Gasteiger partial charge in [-0.25, -0.2) is 4.39 Å². The molecule has 6 nitrogen and oxygen atoms in total. The van der Waals surface area contributed by atoms with Gasteiger partial charge in [0.1, 0.15) is 5.82 Å². The van der Waals surface area contributed by atoms with Crippen molar-refractivity contribution in [1.29, 1.82) is 0 Å². The summed E-state index contributed by atoms with van der Waals surface area (Å²) in [6.07, 6.45) is 1.14. The highest BCUT2D eigenvalue weighted by molar-refractivity contribution is 6.04. The summed E-state index contributed by atoms with van der Waals surface area (Å²) >= 11 is 0. The first-order valence-corrected chi connectivity index (χ1v) is 11.7. The molecule has 2 N–H and O–H groups in total. The highest BCUT2D eigenvalue weighted by atomic mass is 19.1. The number of nitrogens with one attached hydrogen (secondary N) is 2. The molecule has 1 aliphatic rings. The number of hydrogen-bond acceptors (Lipinski definition) is 3. The Bertz CT molecular complexity index is 1190. The molecule has 0 saturated carbocycles. The molecule has 1 unspecified atom stereocenters. The Morgan fingerprint density at radius 3 is 2.26 bits per heavy atom. The molecule has 180 valence electrons. The second-order valence-electron chi connectivity index (χ2n) is 8.75. The van der Waals surface area contributed by atoms with Crippen LogP contribution in [0.25, 0.3) is 0 Å². The van der Waals surface area contributed by atoms with Gasteiger partial charge in [-0.1, -0.05) is 30.3 Å². The van der Waals surface area contributed by atoms with Crippen LogP contribution in [0.2, 0.25) is 0 Å². The highest BCUT2D eigenvalue weighted by Gasteiger charge is 2.28. The Kier molecular flexibility index (Phi) is 7.55. The smallest absolute Gasteiger partial charge is 0.255 e. The first-order chi connectivity index (χ1) is 16.9. The number of likely N-dealkylation sites (tertiary alicyclic amines) is 1. The van der Waals surface area contributed by atoms with Crippen LogP contribution < -0.4 is 10.6 Å². The summed E-state index contributed by atoms with van der Waals surface area (Å²) in [5.41, 5.74) is 2.56. The molecule has 1 aliphatic heterocycles. The first kappa shape index (κ1) is 24.1. The minimum absolute atomic E-state index is 0.0508. The van der Waals surface area contributed by atoms with Crippen LogP contribution in [0.4, 0.5) is 10.1 Å². The molecule has 3 amide bonds. The van der Waals surface area contributed by atoms with Gasteiger partial charge in [0.25, 0.3) is 11.8 Å². The summed E-state index contributed by atoms with van der Waals surface area (Å²) in [5.74, 6) is -0.955. The minimum Gasteiger partial charge on any atom is -0.349 e. The molecule has 1 saturated heterocycles. The van der Waals surface area contributed by atoms with Gasteiger partial charge in [0.2, 0.25) is 5.91 Å². The molecule has 0 aliphatic carbocycles. The quantitative estimate of drug-likeness (QED) is 0.540. The number of carbonyl (C=O) groups excluding carboxylic acids is 3. The van der Waals surface area contributed by atoms with E-state index in [9.17, 15) is 18.8 Å². The topological polar surface area (TPSA) is 78.5 Å². The second kappa shape index (κ2) is 11.0. The second-order valence-corrected chi connectivity index (χ2v) is 8.75. The summed E-state index contributed by atoms with van der Waals surface area (Å²) in [6.45, 7) is 2.86. The SMILES string of the molecule is CC(NC(=O)C1CCN(C(=O)c2ccc(F)cc2)CC1)c1cccc(NC(=O)c2ccccc2)c1. The molecule has 3 aromatic rings. The van der Waals surface area contributed by atoms with Crippen LogP contribution in [0.5, 0.6) is 0 Å². The standard InChI is InChI=1S/C28H28FN3O3/c1-19(23-8-5-9-25(18-23)31-27(34)20-6-3-2-4-7-20)30-26(33)21-14-16-32(17-15-21)28(35)22-10-12-24(29)13-11-22/h2-13,18-19,21H,14-17H2,1H3,(H,30,33)(H,31,34). The lowest BCUT2D eigenvalue weighted by Crippen LogP contribution is -2.43. The summed E-state index contributed by atoms with van der Waals surface area (Å²) < 4.78 is 13.1. The van der Waals surface area contributed by atoms with Crippen LogP contribution in [0, 0.1) is 11.7 Å². The summed E-state index contributed by atoms with van der Waals surface area (Å²) in [5, 5.41) is 5.96. The number of nitrogens with zero attached hydrogens (tertiary/aromatic N) is 1. The Morgan fingerprint density at radius 2 is 1.57 bits per heavy atom. The summed E-state index contributed by atoms with van der Waals surface area (Å²) in [4.78, 5) is 39.7. The van der Waals surface area contributed by atoms with Gasteiger partial charge in [-0.15, -0.1) is 0 Å². The van der Waals surface area contributed by atoms with E-state index in [1.165, 1.54) is 24.3 Å². The maximum Gasteiger partial charge on any atom is 0.255 e. The molecule has 1 fully saturated rings. The third kappa shape index (κ3) is 6.12. The minimum atomic E-state index is -0.379. The van der Waals surface area contributed by atoms with E-state index >= 15 is 0 Å². The van der Waals surface area contributed by atoms with Crippen molar-refractivity contribution >= 4 is 23.4 Å². The summed E-state index contributed by atoms with van der Waals surface area (Å²) in [7, 11) is 0. The number of benzene rings is 3. The molecular weight excluding hydrogens is 445 g/mol. The normalized spacial score (nSPS) is 14.7. The maximum absolute atomic E-state index is 13.1. The molecule has 4 rings (SSSR count). The molecule has 7 heteroatoms. The average molecular weight is 474 g/mol. The third-order valence-corrected chi connectivity index (χ3v) is 6.28. The summed E-state index contributed by atoms with van der Waals surface area (Å²) in [6, 6.07) is 21.7. The van der Waals surface area contributed by atoms with E-state index < -0.39 is 0 Å². The zero-order valence-corrected chi connectivity index (χ0v) is 19.5. The van der Waals surface area contributed by atoms with Crippen LogP contribution in [0.15, 0.2) is 78.9 Å². The van der Waals surface area contributed by atoms with Crippen molar-refractivity contribution in [2.45, 2.75) is 25.8 Å². The lowest BCUT2D eigenvalue weighted by atomic mass is 9.94. The highest BCUT2D eigenvalue weighted by Crippen LogP contribution is 2.23. The largest absolute Gasteiger partial charge is 0.349 e. The van der Waals surface area contributed by atoms with Crippen LogP contribution in [-0.4, -0.2) is 35.7 Å². The average Bonchev–Trinajstić information content (AvgIpc) is 2.89. The van der Waals surface area contributed by atoms with E-state index in [2.05, 4.69) is 10.6 Å². The van der Waals surface area contributed by atoms with Crippen molar-refractivity contribution in [3.05, 3.63) is 101 Å². The Balaban J connectivity index is 1.30. The Morgan fingerprint density at radius 1 is 0.886 bits per heavy atom. The van der Waals surface area contributed by atoms with Gasteiger partial charge in [0.05, 0.1) is 6.04 Å². The predicted octanol–water partition coefficient (Wildman–Crippen LogP) is 4.81. The van der Waals surface area contributed by atoms with Crippen LogP contribution >= 0.6 is 0 Å².